The quantitative estimate of drug-likeness (QED) is 0.619. The highest BCUT2D eigenvalue weighted by Gasteiger charge is 2.14. The molecule has 22 heavy (non-hydrogen) atoms. The average Bonchev–Trinajstić information content (AvgIpc) is 3.17. The Hall–Kier alpha value is -2.87. The van der Waals surface area contributed by atoms with E-state index < -0.39 is 0 Å². The number of aromatic nitrogens is 5. The minimum absolute atomic E-state index is 0.359. The number of hydrogen-bond acceptors (Lipinski definition) is 8. The molecule has 0 saturated heterocycles. The molecule has 0 amide bonds. The summed E-state index contributed by atoms with van der Waals surface area (Å²) in [5.74, 6) is 1.17. The molecule has 7 nitrogen and oxygen atoms in total. The minimum Gasteiger partial charge on any atom is -0.442 e. The predicted octanol–water partition coefficient (Wildman–Crippen LogP) is 2.31. The minimum atomic E-state index is 0.359. The van der Waals surface area contributed by atoms with Gasteiger partial charge in [-0.15, -0.1) is 11.3 Å². The third-order valence-electron chi connectivity index (χ3n) is 3.07. The maximum atomic E-state index is 6.03. The number of nitrogen functional groups attached to an aromatic ring is 1. The molecule has 0 bridgehead atoms. The van der Waals surface area contributed by atoms with E-state index in [4.69, 9.17) is 10.2 Å². The number of fused-ring (bicyclic) bond motifs is 1. The van der Waals surface area contributed by atoms with Gasteiger partial charge < -0.3 is 10.2 Å². The van der Waals surface area contributed by atoms with Crippen LogP contribution in [0.25, 0.3) is 21.9 Å². The van der Waals surface area contributed by atoms with Crippen molar-refractivity contribution >= 4 is 27.4 Å². The lowest BCUT2D eigenvalue weighted by Gasteiger charge is -1.97. The van der Waals surface area contributed by atoms with Crippen molar-refractivity contribution in [3.63, 3.8) is 0 Å². The topological polar surface area (TPSA) is 104 Å². The lowest BCUT2D eigenvalue weighted by atomic mass is 10.2. The first kappa shape index (κ1) is 12.8. The van der Waals surface area contributed by atoms with Crippen molar-refractivity contribution < 1.29 is 4.42 Å². The summed E-state index contributed by atoms with van der Waals surface area (Å²) in [6, 6.07) is 1.99. The molecular weight excluding hydrogens is 300 g/mol. The van der Waals surface area contributed by atoms with E-state index in [1.807, 2.05) is 6.07 Å². The molecule has 0 aliphatic heterocycles. The molecule has 8 heteroatoms. The van der Waals surface area contributed by atoms with Gasteiger partial charge in [-0.2, -0.15) is 0 Å². The molecule has 0 spiro atoms. The molecule has 4 aromatic heterocycles. The Labute approximate surface area is 128 Å². The molecule has 0 aliphatic carbocycles. The van der Waals surface area contributed by atoms with Gasteiger partial charge in [-0.05, 0) is 6.07 Å². The van der Waals surface area contributed by atoms with Gasteiger partial charge in [0.25, 0.3) is 5.89 Å². The second-order valence-corrected chi connectivity index (χ2v) is 5.69. The normalized spacial score (nSPS) is 11.1. The lowest BCUT2D eigenvalue weighted by molar-refractivity contribution is 0.569. The van der Waals surface area contributed by atoms with Crippen molar-refractivity contribution in [2.45, 2.75) is 6.42 Å². The highest BCUT2D eigenvalue weighted by Crippen LogP contribution is 2.30. The molecule has 2 N–H and O–H groups in total. The zero-order valence-corrected chi connectivity index (χ0v) is 12.1. The van der Waals surface area contributed by atoms with Gasteiger partial charge >= 0.3 is 0 Å². The monoisotopic (exact) mass is 310 g/mol. The Morgan fingerprint density at radius 1 is 1.14 bits per heavy atom. The van der Waals surface area contributed by atoms with Crippen molar-refractivity contribution in [1.29, 1.82) is 0 Å². The van der Waals surface area contributed by atoms with Crippen LogP contribution < -0.4 is 5.73 Å². The largest absolute Gasteiger partial charge is 0.442 e. The maximum Gasteiger partial charge on any atom is 0.264 e. The van der Waals surface area contributed by atoms with E-state index in [9.17, 15) is 0 Å². The number of nitrogens with two attached hydrogens (primary N) is 1. The van der Waals surface area contributed by atoms with Gasteiger partial charge in [0.05, 0.1) is 17.3 Å². The fraction of sp³-hybridized carbons (Fsp3) is 0.0714. The van der Waals surface area contributed by atoms with Crippen molar-refractivity contribution in [2.24, 2.45) is 0 Å². The summed E-state index contributed by atoms with van der Waals surface area (Å²) in [5.41, 5.74) is 6.92. The number of oxazole rings is 1. The van der Waals surface area contributed by atoms with Crippen LogP contribution in [0.15, 0.2) is 41.5 Å². The summed E-state index contributed by atoms with van der Waals surface area (Å²) in [6.07, 6.45) is 8.79. The average molecular weight is 310 g/mol. The van der Waals surface area contributed by atoms with Gasteiger partial charge in [-0.3, -0.25) is 9.97 Å². The van der Waals surface area contributed by atoms with E-state index in [0.717, 1.165) is 20.8 Å². The van der Waals surface area contributed by atoms with Gasteiger partial charge in [0.1, 0.15) is 16.9 Å². The van der Waals surface area contributed by atoms with Crippen molar-refractivity contribution in [3.05, 3.63) is 47.7 Å². The summed E-state index contributed by atoms with van der Waals surface area (Å²) in [7, 11) is 0. The second-order valence-electron chi connectivity index (χ2n) is 4.57. The molecule has 4 rings (SSSR count). The van der Waals surface area contributed by atoms with Crippen LogP contribution in [0.1, 0.15) is 10.6 Å². The number of hydrogen-bond donors (Lipinski definition) is 1. The summed E-state index contributed by atoms with van der Waals surface area (Å²) in [6.45, 7) is 0. The Morgan fingerprint density at radius 2 is 2.09 bits per heavy atom. The molecule has 4 aromatic rings. The molecule has 0 radical (unpaired) electrons. The lowest BCUT2D eigenvalue weighted by Crippen LogP contribution is -1.96. The Bertz CT molecular complexity index is 919. The highest BCUT2D eigenvalue weighted by atomic mass is 32.1. The summed E-state index contributed by atoms with van der Waals surface area (Å²) in [5, 5.41) is 0.833. The van der Waals surface area contributed by atoms with Gasteiger partial charge in [0, 0.05) is 29.9 Å². The second kappa shape index (κ2) is 5.15. The van der Waals surface area contributed by atoms with Gasteiger partial charge in [0.15, 0.2) is 0 Å². The predicted molar refractivity (Wildman–Crippen MR) is 82.2 cm³/mol. The van der Waals surface area contributed by atoms with E-state index in [1.54, 1.807) is 36.1 Å². The van der Waals surface area contributed by atoms with E-state index in [-0.39, 0.29) is 0 Å². The Morgan fingerprint density at radius 3 is 2.86 bits per heavy atom. The summed E-state index contributed by atoms with van der Waals surface area (Å²) in [4.78, 5) is 23.0. The molecule has 0 fully saturated rings. The van der Waals surface area contributed by atoms with Crippen LogP contribution >= 0.6 is 11.3 Å². The fourth-order valence-electron chi connectivity index (χ4n) is 2.11. The number of nitrogens with zero attached hydrogens (tertiary/aromatic N) is 5. The first-order valence-corrected chi connectivity index (χ1v) is 7.32. The molecular formula is C14H10N6OS. The third-order valence-corrected chi connectivity index (χ3v) is 4.10. The van der Waals surface area contributed by atoms with Crippen molar-refractivity contribution in [3.8, 4) is 11.7 Å². The SMILES string of the molecule is Nc1nc(-c2ncco2)nc2sc(Cc3cnccn3)cc12. The van der Waals surface area contributed by atoms with Crippen LogP contribution in [0.4, 0.5) is 5.82 Å². The van der Waals surface area contributed by atoms with E-state index >= 15 is 0 Å². The summed E-state index contributed by atoms with van der Waals surface area (Å²) >= 11 is 1.55. The van der Waals surface area contributed by atoms with Crippen LogP contribution in [0, 0.1) is 0 Å². The number of thiophene rings is 1. The van der Waals surface area contributed by atoms with Crippen molar-refractivity contribution in [1.82, 2.24) is 24.9 Å². The number of anilines is 1. The fourth-order valence-corrected chi connectivity index (χ4v) is 3.16. The molecule has 0 saturated carbocycles. The number of rotatable bonds is 3. The highest BCUT2D eigenvalue weighted by molar-refractivity contribution is 7.18. The Kier molecular flexibility index (Phi) is 3.01. The van der Waals surface area contributed by atoms with Crippen molar-refractivity contribution in [2.75, 3.05) is 5.73 Å². The molecule has 108 valence electrons. The smallest absolute Gasteiger partial charge is 0.264 e. The molecule has 4 heterocycles. The molecule has 0 atom stereocenters. The molecule has 0 aromatic carbocycles. The standard InChI is InChI=1S/C14H10N6OS/c15-11-10-6-9(5-8-7-16-1-2-17-8)22-14(10)20-12(19-11)13-18-3-4-21-13/h1-4,6-7H,5H2,(H2,15,19,20). The summed E-state index contributed by atoms with van der Waals surface area (Å²) < 4.78 is 5.22. The Balaban J connectivity index is 1.76. The van der Waals surface area contributed by atoms with E-state index in [0.29, 0.717) is 24.0 Å². The van der Waals surface area contributed by atoms with Crippen LogP contribution in [-0.4, -0.2) is 24.9 Å². The first-order chi connectivity index (χ1) is 10.8. The van der Waals surface area contributed by atoms with Crippen LogP contribution in [0.5, 0.6) is 0 Å². The zero-order chi connectivity index (χ0) is 14.9. The van der Waals surface area contributed by atoms with Crippen LogP contribution in [0.3, 0.4) is 0 Å². The van der Waals surface area contributed by atoms with E-state index in [2.05, 4.69) is 24.9 Å². The third kappa shape index (κ3) is 2.29. The van der Waals surface area contributed by atoms with E-state index in [1.165, 1.54) is 6.26 Å². The van der Waals surface area contributed by atoms with Crippen LogP contribution in [-0.2, 0) is 6.42 Å². The maximum absolute atomic E-state index is 6.03. The molecule has 0 unspecified atom stereocenters. The van der Waals surface area contributed by atoms with Gasteiger partial charge in [0.2, 0.25) is 5.82 Å². The first-order valence-electron chi connectivity index (χ1n) is 6.50. The van der Waals surface area contributed by atoms with Gasteiger partial charge in [-0.1, -0.05) is 0 Å². The zero-order valence-electron chi connectivity index (χ0n) is 11.3. The van der Waals surface area contributed by atoms with Gasteiger partial charge in [-0.25, -0.2) is 15.0 Å². The molecule has 0 aliphatic rings. The van der Waals surface area contributed by atoms with Crippen LogP contribution in [0.2, 0.25) is 0 Å².